The molecule has 0 saturated heterocycles. The number of phenolic OH excluding ortho intramolecular Hbond substituents is 1. The van der Waals surface area contributed by atoms with Gasteiger partial charge < -0.3 is 9.84 Å². The molecule has 2 nitrogen and oxygen atoms in total. The lowest BCUT2D eigenvalue weighted by molar-refractivity contribution is 0.403. The zero-order valence-electron chi connectivity index (χ0n) is 8.59. The second kappa shape index (κ2) is 3.69. The summed E-state index contributed by atoms with van der Waals surface area (Å²) in [7, 11) is 1.65. The largest absolute Gasteiger partial charge is 0.508 e. The van der Waals surface area contributed by atoms with Gasteiger partial charge in [-0.1, -0.05) is 13.8 Å². The highest BCUT2D eigenvalue weighted by Crippen LogP contribution is 2.32. The molecule has 1 aromatic rings. The van der Waals surface area contributed by atoms with Gasteiger partial charge >= 0.3 is 0 Å². The Morgan fingerprint density at radius 1 is 1.31 bits per heavy atom. The smallest absolute Gasteiger partial charge is 0.122 e. The van der Waals surface area contributed by atoms with Crippen molar-refractivity contribution in [1.82, 2.24) is 0 Å². The summed E-state index contributed by atoms with van der Waals surface area (Å²) in [4.78, 5) is 0. The average Bonchev–Trinajstić information content (AvgIpc) is 2.08. The van der Waals surface area contributed by atoms with Crippen molar-refractivity contribution in [2.75, 3.05) is 7.11 Å². The third-order valence-corrected chi connectivity index (χ3v) is 2.17. The van der Waals surface area contributed by atoms with Gasteiger partial charge in [0.15, 0.2) is 0 Å². The Balaban J connectivity index is 3.25. The molecule has 2 heteroatoms. The summed E-state index contributed by atoms with van der Waals surface area (Å²) < 4.78 is 5.23. The van der Waals surface area contributed by atoms with Crippen molar-refractivity contribution >= 4 is 0 Å². The standard InChI is InChI=1S/C11H16O2/c1-7(2)9-6-10(12)8(3)5-11(9)13-4/h5-7,12H,1-4H3. The van der Waals surface area contributed by atoms with Crippen LogP contribution in [0.3, 0.4) is 0 Å². The van der Waals surface area contributed by atoms with Crippen molar-refractivity contribution in [3.63, 3.8) is 0 Å². The van der Waals surface area contributed by atoms with E-state index >= 15 is 0 Å². The SMILES string of the molecule is COc1cc(C)c(O)cc1C(C)C. The van der Waals surface area contributed by atoms with Gasteiger partial charge in [-0.2, -0.15) is 0 Å². The minimum Gasteiger partial charge on any atom is -0.508 e. The zero-order valence-corrected chi connectivity index (χ0v) is 8.59. The van der Waals surface area contributed by atoms with E-state index in [2.05, 4.69) is 13.8 Å². The molecule has 0 aromatic heterocycles. The Morgan fingerprint density at radius 2 is 1.92 bits per heavy atom. The van der Waals surface area contributed by atoms with Crippen LogP contribution in [0.15, 0.2) is 12.1 Å². The van der Waals surface area contributed by atoms with Crippen molar-refractivity contribution in [2.45, 2.75) is 26.7 Å². The number of aryl methyl sites for hydroxylation is 1. The molecule has 0 radical (unpaired) electrons. The molecule has 0 unspecified atom stereocenters. The molecule has 0 aliphatic rings. The average molecular weight is 180 g/mol. The summed E-state index contributed by atoms with van der Waals surface area (Å²) in [5, 5.41) is 9.51. The van der Waals surface area contributed by atoms with Gasteiger partial charge in [-0.3, -0.25) is 0 Å². The lowest BCUT2D eigenvalue weighted by Gasteiger charge is -2.13. The highest BCUT2D eigenvalue weighted by molar-refractivity contribution is 5.46. The number of methoxy groups -OCH3 is 1. The summed E-state index contributed by atoms with van der Waals surface area (Å²) in [6.45, 7) is 6.02. The molecule has 0 heterocycles. The summed E-state index contributed by atoms with van der Waals surface area (Å²) in [6.07, 6.45) is 0. The Kier molecular flexibility index (Phi) is 2.81. The molecule has 1 aromatic carbocycles. The summed E-state index contributed by atoms with van der Waals surface area (Å²) in [6, 6.07) is 3.64. The van der Waals surface area contributed by atoms with Crippen LogP contribution in [0.1, 0.15) is 30.9 Å². The van der Waals surface area contributed by atoms with Crippen LogP contribution in [0.4, 0.5) is 0 Å². The molecule has 0 bridgehead atoms. The van der Waals surface area contributed by atoms with Crippen LogP contribution in [0, 0.1) is 6.92 Å². The van der Waals surface area contributed by atoms with Gasteiger partial charge in [0.05, 0.1) is 7.11 Å². The quantitative estimate of drug-likeness (QED) is 0.758. The molecule has 0 amide bonds. The van der Waals surface area contributed by atoms with Gasteiger partial charge in [-0.25, -0.2) is 0 Å². The highest BCUT2D eigenvalue weighted by atomic mass is 16.5. The molecule has 72 valence electrons. The maximum atomic E-state index is 9.51. The van der Waals surface area contributed by atoms with Gasteiger partial charge in [0.1, 0.15) is 11.5 Å². The van der Waals surface area contributed by atoms with Crippen molar-refractivity contribution < 1.29 is 9.84 Å². The van der Waals surface area contributed by atoms with Crippen LogP contribution in [0.25, 0.3) is 0 Å². The van der Waals surface area contributed by atoms with Gasteiger partial charge in [0, 0.05) is 5.56 Å². The zero-order chi connectivity index (χ0) is 10.0. The molecular formula is C11H16O2. The highest BCUT2D eigenvalue weighted by Gasteiger charge is 2.09. The maximum absolute atomic E-state index is 9.51. The van der Waals surface area contributed by atoms with E-state index in [0.717, 1.165) is 16.9 Å². The van der Waals surface area contributed by atoms with Crippen molar-refractivity contribution in [3.8, 4) is 11.5 Å². The van der Waals surface area contributed by atoms with E-state index in [0.29, 0.717) is 11.7 Å². The summed E-state index contributed by atoms with van der Waals surface area (Å²) in [5.41, 5.74) is 1.90. The Morgan fingerprint density at radius 3 is 2.38 bits per heavy atom. The molecule has 0 atom stereocenters. The first-order valence-electron chi connectivity index (χ1n) is 4.43. The molecule has 0 fully saturated rings. The van der Waals surface area contributed by atoms with E-state index < -0.39 is 0 Å². The van der Waals surface area contributed by atoms with Crippen LogP contribution in [0.5, 0.6) is 11.5 Å². The first-order chi connectivity index (χ1) is 6.06. The van der Waals surface area contributed by atoms with Crippen LogP contribution >= 0.6 is 0 Å². The van der Waals surface area contributed by atoms with Gasteiger partial charge in [-0.15, -0.1) is 0 Å². The number of benzene rings is 1. The molecule has 0 aliphatic carbocycles. The summed E-state index contributed by atoms with van der Waals surface area (Å²) in [5.74, 6) is 1.55. The second-order valence-corrected chi connectivity index (χ2v) is 3.54. The van der Waals surface area contributed by atoms with E-state index in [-0.39, 0.29) is 0 Å². The first-order valence-corrected chi connectivity index (χ1v) is 4.43. The number of hydrogen-bond acceptors (Lipinski definition) is 2. The Bertz CT molecular complexity index is 303. The van der Waals surface area contributed by atoms with Gasteiger partial charge in [-0.05, 0) is 30.5 Å². The Labute approximate surface area is 79.2 Å². The number of rotatable bonds is 2. The maximum Gasteiger partial charge on any atom is 0.122 e. The lowest BCUT2D eigenvalue weighted by Crippen LogP contribution is -1.94. The number of phenols is 1. The fourth-order valence-corrected chi connectivity index (χ4v) is 1.31. The minimum absolute atomic E-state index is 0.337. The Hall–Kier alpha value is -1.18. The summed E-state index contributed by atoms with van der Waals surface area (Å²) >= 11 is 0. The number of aromatic hydroxyl groups is 1. The molecule has 1 rings (SSSR count). The fraction of sp³-hybridized carbons (Fsp3) is 0.455. The predicted molar refractivity (Wildman–Crippen MR) is 53.5 cm³/mol. The van der Waals surface area contributed by atoms with Gasteiger partial charge in [0.25, 0.3) is 0 Å². The minimum atomic E-state index is 0.337. The number of ether oxygens (including phenoxy) is 1. The predicted octanol–water partition coefficient (Wildman–Crippen LogP) is 2.83. The molecule has 13 heavy (non-hydrogen) atoms. The van der Waals surface area contributed by atoms with Gasteiger partial charge in [0.2, 0.25) is 0 Å². The molecule has 0 aliphatic heterocycles. The van der Waals surface area contributed by atoms with E-state index in [1.54, 1.807) is 13.2 Å². The third kappa shape index (κ3) is 1.94. The monoisotopic (exact) mass is 180 g/mol. The van der Waals surface area contributed by atoms with E-state index in [4.69, 9.17) is 4.74 Å². The van der Waals surface area contributed by atoms with Crippen LogP contribution in [0.2, 0.25) is 0 Å². The van der Waals surface area contributed by atoms with Crippen molar-refractivity contribution in [2.24, 2.45) is 0 Å². The van der Waals surface area contributed by atoms with E-state index in [9.17, 15) is 5.11 Å². The number of hydrogen-bond donors (Lipinski definition) is 1. The van der Waals surface area contributed by atoms with Crippen LogP contribution in [-0.4, -0.2) is 12.2 Å². The van der Waals surface area contributed by atoms with E-state index in [1.165, 1.54) is 0 Å². The molecular weight excluding hydrogens is 164 g/mol. The second-order valence-electron chi connectivity index (χ2n) is 3.54. The van der Waals surface area contributed by atoms with Crippen molar-refractivity contribution in [1.29, 1.82) is 0 Å². The first kappa shape index (κ1) is 9.90. The molecule has 0 saturated carbocycles. The topological polar surface area (TPSA) is 29.5 Å². The fourth-order valence-electron chi connectivity index (χ4n) is 1.31. The van der Waals surface area contributed by atoms with Crippen molar-refractivity contribution in [3.05, 3.63) is 23.3 Å². The molecule has 0 spiro atoms. The van der Waals surface area contributed by atoms with E-state index in [1.807, 2.05) is 13.0 Å². The van der Waals surface area contributed by atoms with Crippen LogP contribution in [-0.2, 0) is 0 Å². The third-order valence-electron chi connectivity index (χ3n) is 2.17. The lowest BCUT2D eigenvalue weighted by atomic mass is 10.00. The normalized spacial score (nSPS) is 10.5. The molecule has 1 N–H and O–H groups in total. The van der Waals surface area contributed by atoms with Crippen LogP contribution < -0.4 is 4.74 Å².